The zero-order valence-electron chi connectivity index (χ0n) is 11.6. The van der Waals surface area contributed by atoms with Crippen LogP contribution in [0.3, 0.4) is 0 Å². The van der Waals surface area contributed by atoms with E-state index in [4.69, 9.17) is 4.74 Å². The summed E-state index contributed by atoms with van der Waals surface area (Å²) in [5.74, 6) is -1.07. The Balaban J connectivity index is 2.83. The highest BCUT2D eigenvalue weighted by Crippen LogP contribution is 2.27. The van der Waals surface area contributed by atoms with Gasteiger partial charge in [0.15, 0.2) is 5.78 Å². The van der Waals surface area contributed by atoms with Crippen LogP contribution in [-0.2, 0) is 4.74 Å². The molecular weight excluding hydrogens is 259 g/mol. The van der Waals surface area contributed by atoms with Gasteiger partial charge < -0.3 is 4.74 Å². The number of halogens is 1. The Kier molecular flexibility index (Phi) is 3.84. The highest BCUT2D eigenvalue weighted by Gasteiger charge is 2.19. The lowest BCUT2D eigenvalue weighted by Crippen LogP contribution is -2.11. The molecule has 0 radical (unpaired) electrons. The summed E-state index contributed by atoms with van der Waals surface area (Å²) in [5.41, 5.74) is 1.30. The van der Waals surface area contributed by atoms with Crippen molar-refractivity contribution in [2.75, 3.05) is 6.61 Å². The van der Waals surface area contributed by atoms with Gasteiger partial charge in [-0.2, -0.15) is 0 Å². The molecule has 104 valence electrons. The molecule has 3 nitrogen and oxygen atoms in total. The van der Waals surface area contributed by atoms with Gasteiger partial charge in [-0.05, 0) is 55.3 Å². The lowest BCUT2D eigenvalue weighted by atomic mass is 9.93. The summed E-state index contributed by atoms with van der Waals surface area (Å²) in [6, 6.07) is 5.74. The average molecular weight is 274 g/mol. The van der Waals surface area contributed by atoms with Crippen LogP contribution in [-0.4, -0.2) is 18.4 Å². The molecule has 0 unspecified atom stereocenters. The van der Waals surface area contributed by atoms with E-state index in [9.17, 15) is 14.0 Å². The topological polar surface area (TPSA) is 43.4 Å². The van der Waals surface area contributed by atoms with Crippen molar-refractivity contribution >= 4 is 22.5 Å². The average Bonchev–Trinajstić information content (AvgIpc) is 2.38. The van der Waals surface area contributed by atoms with Crippen molar-refractivity contribution in [2.45, 2.75) is 20.8 Å². The second-order valence-corrected chi connectivity index (χ2v) is 4.57. The number of carbonyl (C=O) groups is 2. The van der Waals surface area contributed by atoms with Crippen LogP contribution in [0.4, 0.5) is 4.39 Å². The molecule has 0 amide bonds. The summed E-state index contributed by atoms with van der Waals surface area (Å²) in [6.45, 7) is 5.07. The molecule has 0 heterocycles. The number of rotatable bonds is 3. The van der Waals surface area contributed by atoms with E-state index in [0.29, 0.717) is 27.5 Å². The van der Waals surface area contributed by atoms with Gasteiger partial charge in [-0.25, -0.2) is 9.18 Å². The van der Waals surface area contributed by atoms with Crippen molar-refractivity contribution in [2.24, 2.45) is 0 Å². The highest BCUT2D eigenvalue weighted by molar-refractivity contribution is 6.10. The molecule has 0 spiro atoms. The maximum absolute atomic E-state index is 13.3. The van der Waals surface area contributed by atoms with Gasteiger partial charge in [0.05, 0.1) is 12.2 Å². The van der Waals surface area contributed by atoms with Crippen molar-refractivity contribution in [1.29, 1.82) is 0 Å². The summed E-state index contributed by atoms with van der Waals surface area (Å²) in [7, 11) is 0. The Morgan fingerprint density at radius 2 is 1.95 bits per heavy atom. The Labute approximate surface area is 116 Å². The maximum atomic E-state index is 13.3. The summed E-state index contributed by atoms with van der Waals surface area (Å²) in [6.07, 6.45) is 0. The van der Waals surface area contributed by atoms with Crippen LogP contribution in [0.2, 0.25) is 0 Å². The first kappa shape index (κ1) is 14.2. The van der Waals surface area contributed by atoms with Gasteiger partial charge in [-0.15, -0.1) is 0 Å². The molecule has 0 bridgehead atoms. The molecule has 0 aliphatic rings. The number of esters is 1. The fourth-order valence-electron chi connectivity index (χ4n) is 2.31. The van der Waals surface area contributed by atoms with Crippen LogP contribution in [0.1, 0.15) is 40.1 Å². The van der Waals surface area contributed by atoms with E-state index < -0.39 is 11.8 Å². The normalized spacial score (nSPS) is 10.6. The molecule has 0 fully saturated rings. The molecule has 0 atom stereocenters. The van der Waals surface area contributed by atoms with E-state index in [-0.39, 0.29) is 12.4 Å². The second-order valence-electron chi connectivity index (χ2n) is 4.57. The molecule has 0 N–H and O–H groups in total. The van der Waals surface area contributed by atoms with E-state index in [0.717, 1.165) is 0 Å². The zero-order valence-corrected chi connectivity index (χ0v) is 11.6. The van der Waals surface area contributed by atoms with Gasteiger partial charge in [-0.3, -0.25) is 4.79 Å². The fourth-order valence-corrected chi connectivity index (χ4v) is 2.31. The number of fused-ring (bicyclic) bond motifs is 1. The third-order valence-electron chi connectivity index (χ3n) is 3.22. The van der Waals surface area contributed by atoms with E-state index in [2.05, 4.69) is 0 Å². The van der Waals surface area contributed by atoms with Crippen molar-refractivity contribution in [3.8, 4) is 0 Å². The zero-order chi connectivity index (χ0) is 14.9. The standard InChI is InChI=1S/C16H15FO3/c1-4-20-16(19)15-9(2)14(10(3)18)8-11-7-12(17)5-6-13(11)15/h5-8H,4H2,1-3H3. The number of Topliss-reactive ketones (excluding diaryl/α,β-unsaturated/α-hetero) is 1. The van der Waals surface area contributed by atoms with Gasteiger partial charge >= 0.3 is 5.97 Å². The van der Waals surface area contributed by atoms with Gasteiger partial charge in [0, 0.05) is 5.56 Å². The van der Waals surface area contributed by atoms with Crippen LogP contribution in [0.25, 0.3) is 10.8 Å². The fraction of sp³-hybridized carbons (Fsp3) is 0.250. The van der Waals surface area contributed by atoms with Crippen LogP contribution < -0.4 is 0 Å². The van der Waals surface area contributed by atoms with Crippen LogP contribution >= 0.6 is 0 Å². The lowest BCUT2D eigenvalue weighted by Gasteiger charge is -2.13. The summed E-state index contributed by atoms with van der Waals surface area (Å²) >= 11 is 0. The number of hydrogen-bond donors (Lipinski definition) is 0. The van der Waals surface area contributed by atoms with Crippen LogP contribution in [0.5, 0.6) is 0 Å². The molecule has 0 saturated carbocycles. The van der Waals surface area contributed by atoms with Gasteiger partial charge in [0.2, 0.25) is 0 Å². The van der Waals surface area contributed by atoms with Gasteiger partial charge in [0.1, 0.15) is 5.82 Å². The smallest absolute Gasteiger partial charge is 0.339 e. The molecule has 0 aromatic heterocycles. The monoisotopic (exact) mass is 274 g/mol. The first-order chi connectivity index (χ1) is 9.45. The molecule has 2 aromatic carbocycles. The Morgan fingerprint density at radius 3 is 2.55 bits per heavy atom. The quantitative estimate of drug-likeness (QED) is 0.633. The number of hydrogen-bond acceptors (Lipinski definition) is 3. The van der Waals surface area contributed by atoms with Crippen molar-refractivity contribution < 1.29 is 18.7 Å². The van der Waals surface area contributed by atoms with Crippen molar-refractivity contribution in [3.05, 3.63) is 46.8 Å². The van der Waals surface area contributed by atoms with E-state index >= 15 is 0 Å². The molecule has 0 aliphatic heterocycles. The van der Waals surface area contributed by atoms with E-state index in [1.165, 1.54) is 25.1 Å². The summed E-state index contributed by atoms with van der Waals surface area (Å²) in [4.78, 5) is 23.8. The predicted molar refractivity (Wildman–Crippen MR) is 74.6 cm³/mol. The molecular formula is C16H15FO3. The summed E-state index contributed by atoms with van der Waals surface area (Å²) in [5, 5.41) is 1.11. The predicted octanol–water partition coefficient (Wildman–Crippen LogP) is 3.67. The van der Waals surface area contributed by atoms with Gasteiger partial charge in [-0.1, -0.05) is 6.07 Å². The molecule has 4 heteroatoms. The molecule has 2 aromatic rings. The summed E-state index contributed by atoms with van der Waals surface area (Å²) < 4.78 is 18.4. The molecule has 0 aliphatic carbocycles. The molecule has 0 saturated heterocycles. The number of benzene rings is 2. The SMILES string of the molecule is CCOC(=O)c1c(C)c(C(C)=O)cc2cc(F)ccc12. The lowest BCUT2D eigenvalue weighted by molar-refractivity contribution is 0.0528. The number of ketones is 1. The molecule has 20 heavy (non-hydrogen) atoms. The van der Waals surface area contributed by atoms with Crippen molar-refractivity contribution in [3.63, 3.8) is 0 Å². The van der Waals surface area contributed by atoms with Crippen molar-refractivity contribution in [1.82, 2.24) is 0 Å². The Morgan fingerprint density at radius 1 is 1.25 bits per heavy atom. The third-order valence-corrected chi connectivity index (χ3v) is 3.22. The van der Waals surface area contributed by atoms with E-state index in [1.54, 1.807) is 19.9 Å². The second kappa shape index (κ2) is 5.41. The van der Waals surface area contributed by atoms with Crippen LogP contribution in [0, 0.1) is 12.7 Å². The maximum Gasteiger partial charge on any atom is 0.339 e. The molecule has 2 rings (SSSR count). The first-order valence-electron chi connectivity index (χ1n) is 6.36. The minimum atomic E-state index is -0.496. The Bertz CT molecular complexity index is 704. The first-order valence-corrected chi connectivity index (χ1v) is 6.36. The third kappa shape index (κ3) is 2.41. The highest BCUT2D eigenvalue weighted by atomic mass is 19.1. The van der Waals surface area contributed by atoms with E-state index in [1.807, 2.05) is 0 Å². The largest absolute Gasteiger partial charge is 0.462 e. The van der Waals surface area contributed by atoms with Crippen LogP contribution in [0.15, 0.2) is 24.3 Å². The minimum absolute atomic E-state index is 0.167. The number of ether oxygens (including phenoxy) is 1. The minimum Gasteiger partial charge on any atom is -0.462 e. The Hall–Kier alpha value is -2.23. The number of carbonyl (C=O) groups excluding carboxylic acids is 2. The van der Waals surface area contributed by atoms with Gasteiger partial charge in [0.25, 0.3) is 0 Å².